The Hall–Kier alpha value is -1.66. The van der Waals surface area contributed by atoms with Gasteiger partial charge in [0.1, 0.15) is 5.76 Å². The maximum Gasteiger partial charge on any atom is 0.236 e. The van der Waals surface area contributed by atoms with Gasteiger partial charge < -0.3 is 14.8 Å². The number of nitrogens with one attached hydrogen (secondary N) is 1. The number of rotatable bonds is 7. The first-order valence-corrected chi connectivity index (χ1v) is 8.28. The van der Waals surface area contributed by atoms with Gasteiger partial charge in [-0.2, -0.15) is 0 Å². The molecule has 0 saturated carbocycles. The van der Waals surface area contributed by atoms with Crippen LogP contribution >= 0.6 is 11.3 Å². The number of carbonyl (C=O) groups is 1. The summed E-state index contributed by atoms with van der Waals surface area (Å²) in [4.78, 5) is 17.5. The SMILES string of the molecule is Cc1oc(-c2cccs2)nc1CC(=O)NC(CO)CC(C)C. The number of hydrogen-bond acceptors (Lipinski definition) is 5. The summed E-state index contributed by atoms with van der Waals surface area (Å²) in [7, 11) is 0. The predicted molar refractivity (Wildman–Crippen MR) is 86.7 cm³/mol. The molecule has 1 atom stereocenters. The second kappa shape index (κ2) is 7.56. The average Bonchev–Trinajstić information content (AvgIpc) is 3.08. The molecular weight excluding hydrogens is 300 g/mol. The Morgan fingerprint density at radius 1 is 1.50 bits per heavy atom. The van der Waals surface area contributed by atoms with E-state index in [-0.39, 0.29) is 25.0 Å². The van der Waals surface area contributed by atoms with E-state index in [1.165, 1.54) is 0 Å². The number of nitrogens with zero attached hydrogens (tertiary/aromatic N) is 1. The average molecular weight is 322 g/mol. The summed E-state index contributed by atoms with van der Waals surface area (Å²) in [5, 5.41) is 14.1. The van der Waals surface area contributed by atoms with E-state index in [0.717, 1.165) is 11.3 Å². The van der Waals surface area contributed by atoms with Crippen molar-refractivity contribution < 1.29 is 14.3 Å². The summed E-state index contributed by atoms with van der Waals surface area (Å²) in [6, 6.07) is 3.66. The first kappa shape index (κ1) is 16.7. The lowest BCUT2D eigenvalue weighted by molar-refractivity contribution is -0.121. The largest absolute Gasteiger partial charge is 0.440 e. The molecule has 0 aromatic carbocycles. The van der Waals surface area contributed by atoms with E-state index in [2.05, 4.69) is 24.1 Å². The number of aliphatic hydroxyl groups is 1. The minimum absolute atomic E-state index is 0.0534. The zero-order valence-electron chi connectivity index (χ0n) is 13.1. The molecular formula is C16H22N2O3S. The molecule has 5 nitrogen and oxygen atoms in total. The van der Waals surface area contributed by atoms with Gasteiger partial charge in [0.25, 0.3) is 0 Å². The van der Waals surface area contributed by atoms with E-state index in [9.17, 15) is 9.90 Å². The molecule has 0 radical (unpaired) electrons. The van der Waals surface area contributed by atoms with Crippen LogP contribution in [0.4, 0.5) is 0 Å². The minimum atomic E-state index is -0.212. The van der Waals surface area contributed by atoms with Gasteiger partial charge in [-0.15, -0.1) is 11.3 Å². The first-order chi connectivity index (χ1) is 10.5. The molecule has 22 heavy (non-hydrogen) atoms. The van der Waals surface area contributed by atoms with Gasteiger partial charge in [-0.3, -0.25) is 4.79 Å². The Kier molecular flexibility index (Phi) is 5.74. The topological polar surface area (TPSA) is 75.4 Å². The van der Waals surface area contributed by atoms with Crippen molar-refractivity contribution in [3.63, 3.8) is 0 Å². The standard InChI is InChI=1S/C16H22N2O3S/c1-10(2)7-12(9-19)17-15(20)8-13-11(3)21-16(18-13)14-5-4-6-22-14/h4-6,10,12,19H,7-9H2,1-3H3,(H,17,20). The lowest BCUT2D eigenvalue weighted by Gasteiger charge is -2.17. The second-order valence-electron chi connectivity index (χ2n) is 5.75. The maximum atomic E-state index is 12.1. The smallest absolute Gasteiger partial charge is 0.236 e. The summed E-state index contributed by atoms with van der Waals surface area (Å²) in [6.45, 7) is 5.88. The summed E-state index contributed by atoms with van der Waals surface area (Å²) in [5.74, 6) is 1.48. The van der Waals surface area contributed by atoms with Gasteiger partial charge in [0.2, 0.25) is 11.8 Å². The van der Waals surface area contributed by atoms with Gasteiger partial charge in [0.05, 0.1) is 29.6 Å². The molecule has 0 aliphatic carbocycles. The predicted octanol–water partition coefficient (Wildman–Crippen LogP) is 2.78. The van der Waals surface area contributed by atoms with Crippen LogP contribution in [0.2, 0.25) is 0 Å². The molecule has 0 bridgehead atoms. The third-order valence-electron chi connectivity index (χ3n) is 3.29. The molecule has 2 N–H and O–H groups in total. The molecule has 0 saturated heterocycles. The van der Waals surface area contributed by atoms with Crippen molar-refractivity contribution in [3.8, 4) is 10.8 Å². The van der Waals surface area contributed by atoms with Crippen molar-refractivity contribution in [1.29, 1.82) is 0 Å². The quantitative estimate of drug-likeness (QED) is 0.822. The van der Waals surface area contributed by atoms with Crippen LogP contribution in [0.25, 0.3) is 10.8 Å². The fraction of sp³-hybridized carbons (Fsp3) is 0.500. The van der Waals surface area contributed by atoms with Gasteiger partial charge in [0.15, 0.2) is 0 Å². The van der Waals surface area contributed by atoms with E-state index < -0.39 is 0 Å². The molecule has 0 aliphatic heterocycles. The number of carbonyl (C=O) groups excluding carboxylic acids is 1. The number of hydrogen-bond donors (Lipinski definition) is 2. The van der Waals surface area contributed by atoms with Crippen LogP contribution in [-0.2, 0) is 11.2 Å². The van der Waals surface area contributed by atoms with Crippen molar-refractivity contribution in [3.05, 3.63) is 29.0 Å². The van der Waals surface area contributed by atoms with E-state index in [0.29, 0.717) is 23.3 Å². The summed E-state index contributed by atoms with van der Waals surface area (Å²) in [6.07, 6.45) is 0.912. The zero-order chi connectivity index (χ0) is 16.1. The number of oxazole rings is 1. The molecule has 0 fully saturated rings. The Labute approximate surface area is 134 Å². The van der Waals surface area contributed by atoms with Crippen LogP contribution in [0, 0.1) is 12.8 Å². The van der Waals surface area contributed by atoms with Crippen LogP contribution in [-0.4, -0.2) is 28.6 Å². The van der Waals surface area contributed by atoms with E-state index in [1.54, 1.807) is 11.3 Å². The Bertz CT molecular complexity index is 605. The minimum Gasteiger partial charge on any atom is -0.440 e. The van der Waals surface area contributed by atoms with Crippen molar-refractivity contribution in [1.82, 2.24) is 10.3 Å². The first-order valence-electron chi connectivity index (χ1n) is 7.40. The van der Waals surface area contributed by atoms with Crippen LogP contribution < -0.4 is 5.32 Å². The van der Waals surface area contributed by atoms with Crippen molar-refractivity contribution in [2.24, 2.45) is 5.92 Å². The zero-order valence-corrected chi connectivity index (χ0v) is 13.9. The number of aryl methyl sites for hydroxylation is 1. The molecule has 1 unspecified atom stereocenters. The van der Waals surface area contributed by atoms with Gasteiger partial charge >= 0.3 is 0 Å². The lowest BCUT2D eigenvalue weighted by atomic mass is 10.0. The number of amides is 1. The van der Waals surface area contributed by atoms with Gasteiger partial charge in [-0.05, 0) is 30.7 Å². The lowest BCUT2D eigenvalue weighted by Crippen LogP contribution is -2.39. The molecule has 0 spiro atoms. The van der Waals surface area contributed by atoms with Gasteiger partial charge in [-0.25, -0.2) is 4.98 Å². The van der Waals surface area contributed by atoms with Crippen LogP contribution in [0.1, 0.15) is 31.7 Å². The van der Waals surface area contributed by atoms with Crippen LogP contribution in [0.3, 0.4) is 0 Å². The van der Waals surface area contributed by atoms with E-state index in [4.69, 9.17) is 4.42 Å². The molecule has 1 amide bonds. The highest BCUT2D eigenvalue weighted by Gasteiger charge is 2.18. The third-order valence-corrected chi connectivity index (χ3v) is 4.15. The van der Waals surface area contributed by atoms with E-state index >= 15 is 0 Å². The molecule has 2 aromatic heterocycles. The second-order valence-corrected chi connectivity index (χ2v) is 6.70. The Morgan fingerprint density at radius 2 is 2.27 bits per heavy atom. The maximum absolute atomic E-state index is 12.1. The monoisotopic (exact) mass is 322 g/mol. The summed E-state index contributed by atoms with van der Waals surface area (Å²) >= 11 is 1.55. The molecule has 2 rings (SSSR count). The third kappa shape index (κ3) is 4.42. The molecule has 0 aliphatic rings. The normalized spacial score (nSPS) is 12.6. The fourth-order valence-electron chi connectivity index (χ4n) is 2.28. The van der Waals surface area contributed by atoms with Crippen molar-refractivity contribution in [2.75, 3.05) is 6.61 Å². The molecule has 2 heterocycles. The van der Waals surface area contributed by atoms with Crippen LogP contribution in [0.15, 0.2) is 21.9 Å². The Balaban J connectivity index is 1.99. The summed E-state index contributed by atoms with van der Waals surface area (Å²) < 4.78 is 5.63. The Morgan fingerprint density at radius 3 is 2.86 bits per heavy atom. The molecule has 6 heteroatoms. The van der Waals surface area contributed by atoms with Crippen molar-refractivity contribution in [2.45, 2.75) is 39.7 Å². The highest BCUT2D eigenvalue weighted by atomic mass is 32.1. The highest BCUT2D eigenvalue weighted by molar-refractivity contribution is 7.13. The number of thiophene rings is 1. The van der Waals surface area contributed by atoms with Crippen molar-refractivity contribution >= 4 is 17.2 Å². The highest BCUT2D eigenvalue weighted by Crippen LogP contribution is 2.26. The van der Waals surface area contributed by atoms with E-state index in [1.807, 2.05) is 24.4 Å². The molecule has 120 valence electrons. The van der Waals surface area contributed by atoms with Gasteiger partial charge in [0, 0.05) is 0 Å². The molecule has 2 aromatic rings. The van der Waals surface area contributed by atoms with Gasteiger partial charge in [-0.1, -0.05) is 19.9 Å². The van der Waals surface area contributed by atoms with Crippen LogP contribution in [0.5, 0.6) is 0 Å². The fourth-order valence-corrected chi connectivity index (χ4v) is 2.93. The number of aromatic nitrogens is 1. The summed E-state index contributed by atoms with van der Waals surface area (Å²) in [5.41, 5.74) is 0.641. The number of aliphatic hydroxyl groups excluding tert-OH is 1.